The normalized spacial score (nSPS) is 17.8. The van der Waals surface area contributed by atoms with E-state index in [1.54, 1.807) is 4.90 Å². The van der Waals surface area contributed by atoms with E-state index in [-0.39, 0.29) is 18.4 Å². The van der Waals surface area contributed by atoms with E-state index in [0.717, 1.165) is 42.2 Å². The van der Waals surface area contributed by atoms with Crippen LogP contribution in [0.3, 0.4) is 0 Å². The Morgan fingerprint density at radius 1 is 1.10 bits per heavy atom. The summed E-state index contributed by atoms with van der Waals surface area (Å²) in [6.45, 7) is 5.85. The van der Waals surface area contributed by atoms with Gasteiger partial charge in [-0.3, -0.25) is 14.5 Å². The van der Waals surface area contributed by atoms with Crippen LogP contribution in [0.5, 0.6) is 0 Å². The first kappa shape index (κ1) is 21.7. The van der Waals surface area contributed by atoms with Gasteiger partial charge >= 0.3 is 0 Å². The maximum atomic E-state index is 13.3. The van der Waals surface area contributed by atoms with Crippen LogP contribution in [-0.2, 0) is 16.0 Å². The number of carbonyl (C=O) groups is 2. The van der Waals surface area contributed by atoms with Crippen LogP contribution in [0, 0.1) is 0 Å². The Balaban J connectivity index is 1.48. The zero-order valence-electron chi connectivity index (χ0n) is 18.0. The predicted octanol–water partition coefficient (Wildman–Crippen LogP) is 3.94. The molecule has 2 amide bonds. The molecule has 1 saturated heterocycles. The number of thioether (sulfide) groups is 1. The van der Waals surface area contributed by atoms with E-state index in [1.165, 1.54) is 30.2 Å². The highest BCUT2D eigenvalue weighted by Gasteiger charge is 2.30. The average Bonchev–Trinajstić information content (AvgIpc) is 3.30. The number of amides is 2. The van der Waals surface area contributed by atoms with Gasteiger partial charge < -0.3 is 10.2 Å². The number of likely N-dealkylation sites (tertiary alicyclic amines) is 1. The highest BCUT2D eigenvalue weighted by Crippen LogP contribution is 2.41. The third kappa shape index (κ3) is 5.38. The third-order valence-corrected chi connectivity index (χ3v) is 6.85. The van der Waals surface area contributed by atoms with E-state index in [0.29, 0.717) is 11.4 Å². The van der Waals surface area contributed by atoms with E-state index in [2.05, 4.69) is 29.3 Å². The lowest BCUT2D eigenvalue weighted by Crippen LogP contribution is -2.44. The Morgan fingerprint density at radius 2 is 1.84 bits per heavy atom. The highest BCUT2D eigenvalue weighted by molar-refractivity contribution is 8.04. The fourth-order valence-corrected chi connectivity index (χ4v) is 5.04. The predicted molar refractivity (Wildman–Crippen MR) is 127 cm³/mol. The van der Waals surface area contributed by atoms with Crippen molar-refractivity contribution in [3.05, 3.63) is 64.6 Å². The second-order valence-electron chi connectivity index (χ2n) is 7.96. The molecule has 162 valence electrons. The summed E-state index contributed by atoms with van der Waals surface area (Å²) in [4.78, 5) is 31.5. The number of hydrogen-bond acceptors (Lipinski definition) is 4. The standard InChI is InChI=1S/C25H29N3O2S/c1-2-19-9-11-20(12-10-19)17-23-25(30)28(21-7-3-4-8-22(21)31-23)18-24(29)26-13-16-27-14-5-6-15-27/h3-4,7-12,17H,2,5-6,13-16,18H2,1H3,(H,26,29)/b23-17+. The van der Waals surface area contributed by atoms with E-state index < -0.39 is 0 Å². The average molecular weight is 436 g/mol. The number of carbonyl (C=O) groups excluding carboxylic acids is 2. The summed E-state index contributed by atoms with van der Waals surface area (Å²) >= 11 is 1.47. The monoisotopic (exact) mass is 435 g/mol. The van der Waals surface area contributed by atoms with E-state index in [9.17, 15) is 9.59 Å². The van der Waals surface area contributed by atoms with Crippen LogP contribution in [0.1, 0.15) is 30.9 Å². The molecule has 5 nitrogen and oxygen atoms in total. The second-order valence-corrected chi connectivity index (χ2v) is 9.05. The Kier molecular flexibility index (Phi) is 7.10. The number of nitrogens with one attached hydrogen (secondary N) is 1. The number of fused-ring (bicyclic) bond motifs is 1. The van der Waals surface area contributed by atoms with Gasteiger partial charge in [0.2, 0.25) is 5.91 Å². The topological polar surface area (TPSA) is 52.7 Å². The molecule has 1 N–H and O–H groups in total. The van der Waals surface area contributed by atoms with Crippen LogP contribution in [0.15, 0.2) is 58.3 Å². The highest BCUT2D eigenvalue weighted by atomic mass is 32.2. The second kappa shape index (κ2) is 10.2. The quantitative estimate of drug-likeness (QED) is 0.670. The molecule has 2 heterocycles. The molecule has 1 fully saturated rings. The van der Waals surface area contributed by atoms with Crippen molar-refractivity contribution in [3.63, 3.8) is 0 Å². The van der Waals surface area contributed by atoms with Crippen molar-refractivity contribution in [1.29, 1.82) is 0 Å². The van der Waals surface area contributed by atoms with E-state index in [1.807, 2.05) is 42.5 Å². The molecular weight excluding hydrogens is 406 g/mol. The molecule has 2 aliphatic rings. The zero-order valence-corrected chi connectivity index (χ0v) is 18.8. The maximum Gasteiger partial charge on any atom is 0.265 e. The van der Waals surface area contributed by atoms with Crippen molar-refractivity contribution >= 4 is 35.3 Å². The number of benzene rings is 2. The first-order chi connectivity index (χ1) is 15.1. The Bertz CT molecular complexity index is 965. The fourth-order valence-electron chi connectivity index (χ4n) is 3.98. The minimum absolute atomic E-state index is 0.0303. The van der Waals surface area contributed by atoms with Crippen molar-refractivity contribution in [2.45, 2.75) is 31.1 Å². The summed E-state index contributed by atoms with van der Waals surface area (Å²) in [6, 6.07) is 16.0. The van der Waals surface area contributed by atoms with Crippen LogP contribution in [-0.4, -0.2) is 49.4 Å². The number of para-hydroxylation sites is 1. The van der Waals surface area contributed by atoms with Gasteiger partial charge in [0, 0.05) is 18.0 Å². The van der Waals surface area contributed by atoms with E-state index >= 15 is 0 Å². The lowest BCUT2D eigenvalue weighted by atomic mass is 10.1. The molecule has 0 radical (unpaired) electrons. The van der Waals surface area contributed by atoms with Crippen molar-refractivity contribution in [3.8, 4) is 0 Å². The van der Waals surface area contributed by atoms with Crippen LogP contribution < -0.4 is 10.2 Å². The molecule has 2 aromatic rings. The first-order valence-electron chi connectivity index (χ1n) is 11.0. The molecule has 0 bridgehead atoms. The molecule has 0 saturated carbocycles. The van der Waals surface area contributed by atoms with Crippen molar-refractivity contribution in [1.82, 2.24) is 10.2 Å². The van der Waals surface area contributed by atoms with Gasteiger partial charge in [-0.05, 0) is 61.7 Å². The smallest absolute Gasteiger partial charge is 0.265 e. The largest absolute Gasteiger partial charge is 0.353 e. The number of aryl methyl sites for hydroxylation is 1. The maximum absolute atomic E-state index is 13.3. The van der Waals surface area contributed by atoms with Crippen LogP contribution >= 0.6 is 11.8 Å². The van der Waals surface area contributed by atoms with Gasteiger partial charge in [-0.2, -0.15) is 0 Å². The summed E-state index contributed by atoms with van der Waals surface area (Å²) in [5.41, 5.74) is 3.05. The third-order valence-electron chi connectivity index (χ3n) is 5.77. The molecule has 0 unspecified atom stereocenters. The summed E-state index contributed by atoms with van der Waals surface area (Å²) in [6.07, 6.45) is 5.38. The number of nitrogens with zero attached hydrogens (tertiary/aromatic N) is 2. The molecule has 4 rings (SSSR count). The molecule has 2 aromatic carbocycles. The minimum atomic E-state index is -0.127. The first-order valence-corrected chi connectivity index (χ1v) is 11.8. The molecule has 0 atom stereocenters. The van der Waals surface area contributed by atoms with Gasteiger partial charge in [-0.1, -0.05) is 55.1 Å². The Hall–Kier alpha value is -2.57. The fraction of sp³-hybridized carbons (Fsp3) is 0.360. The van der Waals surface area contributed by atoms with Crippen molar-refractivity contribution in [2.75, 3.05) is 37.6 Å². The van der Waals surface area contributed by atoms with Gasteiger partial charge in [0.15, 0.2) is 0 Å². The van der Waals surface area contributed by atoms with Gasteiger partial charge in [0.1, 0.15) is 6.54 Å². The molecule has 2 aliphatic heterocycles. The zero-order chi connectivity index (χ0) is 21.6. The summed E-state index contributed by atoms with van der Waals surface area (Å²) in [5.74, 6) is -0.251. The Labute approximate surface area is 188 Å². The van der Waals surface area contributed by atoms with Crippen molar-refractivity contribution < 1.29 is 9.59 Å². The summed E-state index contributed by atoms with van der Waals surface area (Å²) in [5, 5.41) is 2.98. The Morgan fingerprint density at radius 3 is 2.58 bits per heavy atom. The SMILES string of the molecule is CCc1ccc(/C=C2/Sc3ccccc3N(CC(=O)NCCN3CCCC3)C2=O)cc1. The van der Waals surface area contributed by atoms with Gasteiger partial charge in [0.25, 0.3) is 5.91 Å². The van der Waals surface area contributed by atoms with Crippen LogP contribution in [0.25, 0.3) is 6.08 Å². The molecule has 0 aromatic heterocycles. The van der Waals surface area contributed by atoms with Gasteiger partial charge in [-0.25, -0.2) is 0 Å². The number of anilines is 1. The number of hydrogen-bond donors (Lipinski definition) is 1. The summed E-state index contributed by atoms with van der Waals surface area (Å²) in [7, 11) is 0. The van der Waals surface area contributed by atoms with Crippen LogP contribution in [0.2, 0.25) is 0 Å². The number of rotatable bonds is 7. The van der Waals surface area contributed by atoms with Gasteiger partial charge in [-0.15, -0.1) is 0 Å². The lowest BCUT2D eigenvalue weighted by molar-refractivity contribution is -0.122. The minimum Gasteiger partial charge on any atom is -0.353 e. The molecular formula is C25H29N3O2S. The molecule has 0 spiro atoms. The van der Waals surface area contributed by atoms with Crippen LogP contribution in [0.4, 0.5) is 5.69 Å². The van der Waals surface area contributed by atoms with Crippen molar-refractivity contribution in [2.24, 2.45) is 0 Å². The van der Waals surface area contributed by atoms with Gasteiger partial charge in [0.05, 0.1) is 10.6 Å². The summed E-state index contributed by atoms with van der Waals surface area (Å²) < 4.78 is 0. The lowest BCUT2D eigenvalue weighted by Gasteiger charge is -2.30. The molecule has 0 aliphatic carbocycles. The molecule has 6 heteroatoms. The van der Waals surface area contributed by atoms with E-state index in [4.69, 9.17) is 0 Å². The molecule has 31 heavy (non-hydrogen) atoms.